The molecule has 5 nitrogen and oxygen atoms in total. The average molecular weight is 281 g/mol. The molecule has 2 atom stereocenters. The summed E-state index contributed by atoms with van der Waals surface area (Å²) in [4.78, 5) is 0. The van der Waals surface area contributed by atoms with Gasteiger partial charge in [0.2, 0.25) is 0 Å². The highest BCUT2D eigenvalue weighted by Crippen LogP contribution is 2.43. The number of hydrogen-bond donors (Lipinski definition) is 2. The van der Waals surface area contributed by atoms with E-state index in [1.165, 1.54) is 12.8 Å². The van der Waals surface area contributed by atoms with Crippen molar-refractivity contribution in [3.8, 4) is 0 Å². The molecule has 1 aliphatic rings. The van der Waals surface area contributed by atoms with Crippen molar-refractivity contribution in [3.05, 3.63) is 0 Å². The molecular weight excluding hydrogens is 258 g/mol. The fourth-order valence-electron chi connectivity index (χ4n) is 3.03. The first-order chi connectivity index (χ1) is 8.96. The molecule has 106 valence electrons. The normalized spacial score (nSPS) is 25.3. The first-order valence-electron chi connectivity index (χ1n) is 6.68. The highest BCUT2D eigenvalue weighted by molar-refractivity contribution is 7.98. The molecule has 1 aromatic heterocycles. The molecular formula is C13H23N5S. The van der Waals surface area contributed by atoms with Gasteiger partial charge in [-0.3, -0.25) is 0 Å². The van der Waals surface area contributed by atoms with Gasteiger partial charge in [0.25, 0.3) is 0 Å². The van der Waals surface area contributed by atoms with E-state index in [2.05, 4.69) is 46.8 Å². The van der Waals surface area contributed by atoms with E-state index in [0.717, 1.165) is 16.5 Å². The maximum atomic E-state index is 4.11. The van der Waals surface area contributed by atoms with Gasteiger partial charge in [-0.25, -0.2) is 0 Å². The molecule has 0 saturated heterocycles. The Morgan fingerprint density at radius 2 is 2.00 bits per heavy atom. The smallest absolute Gasteiger partial charge is 0.176 e. The quantitative estimate of drug-likeness (QED) is 0.828. The number of nitrogens with one attached hydrogen (secondary N) is 2. The minimum Gasteiger partial charge on any atom is -0.377 e. The molecule has 1 aliphatic carbocycles. The van der Waals surface area contributed by atoms with Crippen molar-refractivity contribution in [1.82, 2.24) is 15.4 Å². The monoisotopic (exact) mass is 281 g/mol. The maximum Gasteiger partial charge on any atom is 0.176 e. The van der Waals surface area contributed by atoms with Crippen molar-refractivity contribution in [2.24, 2.45) is 11.3 Å². The minimum absolute atomic E-state index is 0.407. The van der Waals surface area contributed by atoms with Crippen molar-refractivity contribution < 1.29 is 0 Å². The van der Waals surface area contributed by atoms with E-state index < -0.39 is 0 Å². The fourth-order valence-corrected chi connectivity index (χ4v) is 3.51. The molecule has 1 fully saturated rings. The molecule has 6 heteroatoms. The summed E-state index contributed by atoms with van der Waals surface area (Å²) in [6.45, 7) is 6.98. The molecule has 1 heterocycles. The summed E-state index contributed by atoms with van der Waals surface area (Å²) in [6.07, 6.45) is 4.43. The number of nitrogens with zero attached hydrogens (tertiary/aromatic N) is 3. The van der Waals surface area contributed by atoms with Crippen molar-refractivity contribution >= 4 is 23.3 Å². The minimum atomic E-state index is 0.407. The SMILES string of the molecule is CNc1nnnc(SC)c1NC1CC(C)(C)CC1C. The van der Waals surface area contributed by atoms with Crippen LogP contribution in [0.2, 0.25) is 0 Å². The molecule has 1 aromatic rings. The molecule has 0 aliphatic heterocycles. The lowest BCUT2D eigenvalue weighted by molar-refractivity contribution is 0.366. The van der Waals surface area contributed by atoms with Crippen LogP contribution in [0.4, 0.5) is 11.5 Å². The van der Waals surface area contributed by atoms with Crippen molar-refractivity contribution in [3.63, 3.8) is 0 Å². The van der Waals surface area contributed by atoms with Gasteiger partial charge < -0.3 is 10.6 Å². The zero-order valence-electron chi connectivity index (χ0n) is 12.3. The summed E-state index contributed by atoms with van der Waals surface area (Å²) in [5.41, 5.74) is 1.39. The molecule has 0 spiro atoms. The Balaban J connectivity index is 2.23. The van der Waals surface area contributed by atoms with Crippen LogP contribution in [-0.4, -0.2) is 34.8 Å². The van der Waals surface area contributed by atoms with Crippen molar-refractivity contribution in [1.29, 1.82) is 0 Å². The average Bonchev–Trinajstić information content (AvgIpc) is 2.62. The molecule has 0 amide bonds. The number of hydrogen-bond acceptors (Lipinski definition) is 6. The second kappa shape index (κ2) is 5.53. The summed E-state index contributed by atoms with van der Waals surface area (Å²) in [6, 6.07) is 0.471. The lowest BCUT2D eigenvalue weighted by Gasteiger charge is -2.21. The van der Waals surface area contributed by atoms with Gasteiger partial charge >= 0.3 is 0 Å². The van der Waals surface area contributed by atoms with Crippen LogP contribution >= 0.6 is 11.8 Å². The summed E-state index contributed by atoms with van der Waals surface area (Å²) in [7, 11) is 1.86. The second-order valence-electron chi connectivity index (χ2n) is 6.07. The van der Waals surface area contributed by atoms with Crippen LogP contribution in [0.3, 0.4) is 0 Å². The van der Waals surface area contributed by atoms with E-state index in [0.29, 0.717) is 17.4 Å². The number of anilines is 2. The standard InChI is InChI=1S/C13H23N5S/c1-8-6-13(2,3)7-9(8)15-10-11(14-4)16-18-17-12(10)19-5/h8-9H,6-7H2,1-5H3,(H,15,18)(H,14,16,17). The second-order valence-corrected chi connectivity index (χ2v) is 6.87. The van der Waals surface area contributed by atoms with Gasteiger partial charge in [-0.05, 0) is 35.6 Å². The number of rotatable bonds is 4. The third kappa shape index (κ3) is 3.11. The summed E-state index contributed by atoms with van der Waals surface area (Å²) in [5.74, 6) is 1.43. The first kappa shape index (κ1) is 14.4. The molecule has 2 N–H and O–H groups in total. The van der Waals surface area contributed by atoms with E-state index in [-0.39, 0.29) is 0 Å². The van der Waals surface area contributed by atoms with Gasteiger partial charge in [0.05, 0.1) is 0 Å². The summed E-state index contributed by atoms with van der Waals surface area (Å²) >= 11 is 1.59. The van der Waals surface area contributed by atoms with Gasteiger partial charge in [-0.2, -0.15) is 0 Å². The zero-order valence-corrected chi connectivity index (χ0v) is 13.1. The van der Waals surface area contributed by atoms with Gasteiger partial charge in [0.15, 0.2) is 5.82 Å². The van der Waals surface area contributed by atoms with E-state index in [4.69, 9.17) is 0 Å². The molecule has 19 heavy (non-hydrogen) atoms. The third-order valence-corrected chi connectivity index (χ3v) is 4.50. The predicted molar refractivity (Wildman–Crippen MR) is 80.7 cm³/mol. The van der Waals surface area contributed by atoms with Crippen LogP contribution in [0, 0.1) is 11.3 Å². The zero-order chi connectivity index (χ0) is 14.0. The Labute approximate surface area is 119 Å². The molecule has 0 radical (unpaired) electrons. The maximum absolute atomic E-state index is 4.11. The summed E-state index contributed by atoms with van der Waals surface area (Å²) < 4.78 is 0. The Morgan fingerprint density at radius 3 is 2.53 bits per heavy atom. The molecule has 1 saturated carbocycles. The van der Waals surface area contributed by atoms with E-state index in [1.54, 1.807) is 11.8 Å². The van der Waals surface area contributed by atoms with E-state index in [9.17, 15) is 0 Å². The van der Waals surface area contributed by atoms with Crippen LogP contribution < -0.4 is 10.6 Å². The highest BCUT2D eigenvalue weighted by Gasteiger charge is 2.37. The highest BCUT2D eigenvalue weighted by atomic mass is 32.2. The van der Waals surface area contributed by atoms with Crippen LogP contribution in [0.1, 0.15) is 33.6 Å². The van der Waals surface area contributed by atoms with Crippen LogP contribution in [0.5, 0.6) is 0 Å². The lowest BCUT2D eigenvalue weighted by atomic mass is 9.91. The number of thioether (sulfide) groups is 1. The van der Waals surface area contributed by atoms with Gasteiger partial charge in [0.1, 0.15) is 10.7 Å². The van der Waals surface area contributed by atoms with Crippen molar-refractivity contribution in [2.45, 2.75) is 44.7 Å². The van der Waals surface area contributed by atoms with Gasteiger partial charge in [-0.1, -0.05) is 20.8 Å². The largest absolute Gasteiger partial charge is 0.377 e. The topological polar surface area (TPSA) is 62.7 Å². The van der Waals surface area contributed by atoms with E-state index in [1.807, 2.05) is 13.3 Å². The van der Waals surface area contributed by atoms with Crippen molar-refractivity contribution in [2.75, 3.05) is 23.9 Å². The van der Waals surface area contributed by atoms with E-state index >= 15 is 0 Å². The number of aromatic nitrogens is 3. The molecule has 0 bridgehead atoms. The van der Waals surface area contributed by atoms with Crippen LogP contribution in [-0.2, 0) is 0 Å². The Hall–Kier alpha value is -1.04. The molecule has 0 aromatic carbocycles. The summed E-state index contributed by atoms with van der Waals surface area (Å²) in [5, 5.41) is 19.6. The van der Waals surface area contributed by atoms with Gasteiger partial charge in [0, 0.05) is 13.1 Å². The molecule has 2 unspecified atom stereocenters. The van der Waals surface area contributed by atoms with Gasteiger partial charge in [-0.15, -0.1) is 22.0 Å². The lowest BCUT2D eigenvalue weighted by Crippen LogP contribution is -2.24. The Bertz CT molecular complexity index is 426. The molecule has 2 rings (SSSR count). The Morgan fingerprint density at radius 1 is 1.26 bits per heavy atom. The van der Waals surface area contributed by atoms with Crippen LogP contribution in [0.15, 0.2) is 5.03 Å². The fraction of sp³-hybridized carbons (Fsp3) is 0.769. The first-order valence-corrected chi connectivity index (χ1v) is 7.91. The third-order valence-electron chi connectivity index (χ3n) is 3.82. The van der Waals surface area contributed by atoms with Crippen LogP contribution in [0.25, 0.3) is 0 Å². The predicted octanol–water partition coefficient (Wildman–Crippen LogP) is 2.87. The Kier molecular flexibility index (Phi) is 4.18.